The van der Waals surface area contributed by atoms with Gasteiger partial charge < -0.3 is 5.32 Å². The first-order valence-corrected chi connectivity index (χ1v) is 12.7. The minimum atomic E-state index is -3.61. The summed E-state index contributed by atoms with van der Waals surface area (Å²) in [7, 11) is -3.61. The molecule has 3 N–H and O–H groups in total. The van der Waals surface area contributed by atoms with Crippen LogP contribution in [0.3, 0.4) is 0 Å². The van der Waals surface area contributed by atoms with Crippen molar-refractivity contribution in [3.63, 3.8) is 0 Å². The second kappa shape index (κ2) is 7.92. The van der Waals surface area contributed by atoms with Gasteiger partial charge in [0.2, 0.25) is 10.0 Å². The van der Waals surface area contributed by atoms with Crippen LogP contribution < -0.4 is 10.0 Å². The number of nitrogens with zero attached hydrogens (tertiary/aromatic N) is 2. The van der Waals surface area contributed by atoms with Crippen LogP contribution in [0, 0.1) is 5.82 Å². The van der Waals surface area contributed by atoms with Gasteiger partial charge in [0.05, 0.1) is 10.6 Å². The van der Waals surface area contributed by atoms with Gasteiger partial charge in [0.15, 0.2) is 5.82 Å². The van der Waals surface area contributed by atoms with E-state index in [2.05, 4.69) is 58.1 Å². The van der Waals surface area contributed by atoms with Gasteiger partial charge in [-0.1, -0.05) is 20.8 Å². The molecule has 0 saturated heterocycles. The third-order valence-corrected chi connectivity index (χ3v) is 8.17. The molecule has 0 spiro atoms. The number of halogens is 1. The summed E-state index contributed by atoms with van der Waals surface area (Å²) < 4.78 is 40.7. The third kappa shape index (κ3) is 4.27. The number of hydrogen-bond acceptors (Lipinski definition) is 5. The summed E-state index contributed by atoms with van der Waals surface area (Å²) in [6, 6.07) is 8.82. The number of fused-ring (bicyclic) bond motifs is 1. The molecule has 0 amide bonds. The summed E-state index contributed by atoms with van der Waals surface area (Å²) in [6.45, 7) is 6.79. The largest absolute Gasteiger partial charge is 0.336 e. The number of rotatable bonds is 4. The lowest BCUT2D eigenvalue weighted by Gasteiger charge is -2.20. The monoisotopic (exact) mass is 469 g/mol. The molecule has 1 aromatic carbocycles. The van der Waals surface area contributed by atoms with E-state index < -0.39 is 15.8 Å². The first-order chi connectivity index (χ1) is 15.6. The molecule has 1 saturated carbocycles. The summed E-state index contributed by atoms with van der Waals surface area (Å²) >= 11 is 0. The first kappa shape index (κ1) is 22.0. The van der Waals surface area contributed by atoms with Crippen molar-refractivity contribution in [1.29, 1.82) is 0 Å². The predicted octanol–water partition coefficient (Wildman–Crippen LogP) is 4.83. The summed E-state index contributed by atoms with van der Waals surface area (Å²) in [5.74, 6) is 0.614. The Morgan fingerprint density at radius 3 is 2.70 bits per heavy atom. The van der Waals surface area contributed by atoms with Crippen LogP contribution in [-0.2, 0) is 22.0 Å². The van der Waals surface area contributed by atoms with Gasteiger partial charge in [0, 0.05) is 42.0 Å². The van der Waals surface area contributed by atoms with E-state index >= 15 is 0 Å². The number of hydrogen-bond donors (Lipinski definition) is 3. The molecule has 7 nitrogen and oxygen atoms in total. The second-order valence-corrected chi connectivity index (χ2v) is 11.8. The van der Waals surface area contributed by atoms with Crippen LogP contribution in [0.4, 0.5) is 15.9 Å². The van der Waals surface area contributed by atoms with E-state index in [4.69, 9.17) is 0 Å². The molecule has 0 radical (unpaired) electrons. The topological polar surface area (TPSA) is 99.8 Å². The number of nitrogens with one attached hydrogen (secondary N) is 3. The second-order valence-electron chi connectivity index (χ2n) is 10.0. The highest BCUT2D eigenvalue weighted by Crippen LogP contribution is 2.43. The highest BCUT2D eigenvalue weighted by atomic mass is 32.2. The zero-order chi connectivity index (χ0) is 23.4. The van der Waals surface area contributed by atoms with Crippen LogP contribution in [0.2, 0.25) is 0 Å². The number of sulfonamides is 1. The van der Waals surface area contributed by atoms with Crippen LogP contribution in [0.1, 0.15) is 74.4 Å². The van der Waals surface area contributed by atoms with E-state index in [0.29, 0.717) is 23.2 Å². The SMILES string of the molecule is CC(C)(C)c1ccnc(C2CCC(c3cc(Nc4cc5c(cc4F)S(=O)(=O)NC5)n[nH]3)C2)c1. The average Bonchev–Trinajstić information content (AvgIpc) is 3.48. The first-order valence-electron chi connectivity index (χ1n) is 11.2. The summed E-state index contributed by atoms with van der Waals surface area (Å²) in [6.07, 6.45) is 4.99. The molecule has 0 bridgehead atoms. The number of anilines is 2. The Bertz CT molecular complexity index is 1310. The molecular formula is C24H28FN5O2S. The van der Waals surface area contributed by atoms with Crippen molar-refractivity contribution in [3.05, 3.63) is 64.9 Å². The fourth-order valence-corrected chi connectivity index (χ4v) is 5.99. The maximum atomic E-state index is 14.5. The van der Waals surface area contributed by atoms with Crippen molar-refractivity contribution in [3.8, 4) is 0 Å². The van der Waals surface area contributed by atoms with Gasteiger partial charge in [-0.05, 0) is 60.1 Å². The Kier molecular flexibility index (Phi) is 5.29. The maximum Gasteiger partial charge on any atom is 0.241 e. The summed E-state index contributed by atoms with van der Waals surface area (Å²) in [5.41, 5.74) is 4.29. The zero-order valence-corrected chi connectivity index (χ0v) is 19.8. The molecule has 2 atom stereocenters. The number of pyridine rings is 1. The molecular weight excluding hydrogens is 441 g/mol. The highest BCUT2D eigenvalue weighted by molar-refractivity contribution is 7.89. The normalized spacial score (nSPS) is 21.8. The van der Waals surface area contributed by atoms with E-state index in [9.17, 15) is 12.8 Å². The van der Waals surface area contributed by atoms with Gasteiger partial charge >= 0.3 is 0 Å². The number of aromatic amines is 1. The lowest BCUT2D eigenvalue weighted by atomic mass is 9.86. The van der Waals surface area contributed by atoms with E-state index in [-0.39, 0.29) is 22.5 Å². The molecule has 1 aliphatic heterocycles. The van der Waals surface area contributed by atoms with E-state index in [1.165, 1.54) is 11.6 Å². The predicted molar refractivity (Wildman–Crippen MR) is 125 cm³/mol. The van der Waals surface area contributed by atoms with Crippen LogP contribution in [0.15, 0.2) is 41.4 Å². The Morgan fingerprint density at radius 1 is 1.12 bits per heavy atom. The van der Waals surface area contributed by atoms with Crippen molar-refractivity contribution >= 4 is 21.5 Å². The Labute approximate surface area is 193 Å². The maximum absolute atomic E-state index is 14.5. The molecule has 2 aliphatic rings. The van der Waals surface area contributed by atoms with Gasteiger partial charge in [0.25, 0.3) is 0 Å². The van der Waals surface area contributed by atoms with Crippen LogP contribution >= 0.6 is 0 Å². The molecule has 9 heteroatoms. The molecule has 33 heavy (non-hydrogen) atoms. The molecule has 2 aromatic heterocycles. The van der Waals surface area contributed by atoms with Gasteiger partial charge in [-0.2, -0.15) is 5.10 Å². The molecule has 3 aromatic rings. The van der Waals surface area contributed by atoms with Gasteiger partial charge in [-0.3, -0.25) is 10.1 Å². The highest BCUT2D eigenvalue weighted by Gasteiger charge is 2.30. The molecule has 174 valence electrons. The number of H-pyrrole nitrogens is 1. The number of benzene rings is 1. The smallest absolute Gasteiger partial charge is 0.241 e. The fourth-order valence-electron chi connectivity index (χ4n) is 4.75. The molecule has 5 rings (SSSR count). The minimum absolute atomic E-state index is 0.00518. The van der Waals surface area contributed by atoms with E-state index in [1.807, 2.05) is 12.3 Å². The fraction of sp³-hybridized carbons (Fsp3) is 0.417. The van der Waals surface area contributed by atoms with Crippen LogP contribution in [0.5, 0.6) is 0 Å². The Hall–Kier alpha value is -2.78. The standard InChI is InChI=1S/C24H28FN5O2S/c1-24(2,3)17-6-7-26-19(10-17)14-4-5-15(8-14)20-12-23(30-29-20)28-21-9-16-13-27-33(31,32)22(16)11-18(21)25/h6-7,9-12,14-15,27H,4-5,8,13H2,1-3H3,(H2,28,29,30). The van der Waals surface area contributed by atoms with Gasteiger partial charge in [-0.15, -0.1) is 0 Å². The minimum Gasteiger partial charge on any atom is -0.336 e. The third-order valence-electron chi connectivity index (χ3n) is 6.69. The average molecular weight is 470 g/mol. The van der Waals surface area contributed by atoms with Crippen molar-refractivity contribution in [2.75, 3.05) is 5.32 Å². The van der Waals surface area contributed by atoms with Crippen molar-refractivity contribution < 1.29 is 12.8 Å². The van der Waals surface area contributed by atoms with Crippen molar-refractivity contribution in [1.82, 2.24) is 19.9 Å². The molecule has 3 heterocycles. The zero-order valence-electron chi connectivity index (χ0n) is 18.9. The Morgan fingerprint density at radius 2 is 1.91 bits per heavy atom. The lowest BCUT2D eigenvalue weighted by molar-refractivity contribution is 0.583. The quantitative estimate of drug-likeness (QED) is 0.508. The van der Waals surface area contributed by atoms with Gasteiger partial charge in [-0.25, -0.2) is 17.5 Å². The van der Waals surface area contributed by atoms with Crippen LogP contribution in [-0.4, -0.2) is 23.6 Å². The van der Waals surface area contributed by atoms with Gasteiger partial charge in [0.1, 0.15) is 5.82 Å². The van der Waals surface area contributed by atoms with Crippen molar-refractivity contribution in [2.24, 2.45) is 0 Å². The van der Waals surface area contributed by atoms with E-state index in [1.54, 1.807) is 0 Å². The van der Waals surface area contributed by atoms with Crippen molar-refractivity contribution in [2.45, 2.75) is 68.7 Å². The lowest BCUT2D eigenvalue weighted by Crippen LogP contribution is -2.13. The number of aromatic nitrogens is 3. The summed E-state index contributed by atoms with van der Waals surface area (Å²) in [5, 5.41) is 10.4. The summed E-state index contributed by atoms with van der Waals surface area (Å²) in [4.78, 5) is 4.64. The van der Waals surface area contributed by atoms with Crippen LogP contribution in [0.25, 0.3) is 0 Å². The molecule has 1 aliphatic carbocycles. The molecule has 2 unspecified atom stereocenters. The Balaban J connectivity index is 1.30. The molecule has 1 fully saturated rings. The van der Waals surface area contributed by atoms with E-state index in [0.717, 1.165) is 36.7 Å².